The van der Waals surface area contributed by atoms with Crippen LogP contribution in [0.4, 0.5) is 5.69 Å². The molecule has 3 aromatic rings. The Morgan fingerprint density at radius 1 is 1.12 bits per heavy atom. The van der Waals surface area contributed by atoms with Crippen LogP contribution in [0.5, 0.6) is 11.5 Å². The van der Waals surface area contributed by atoms with Crippen LogP contribution in [0.2, 0.25) is 0 Å². The number of benzene rings is 2. The lowest BCUT2D eigenvalue weighted by Gasteiger charge is -2.08. The first-order valence-electron chi connectivity index (χ1n) is 7.51. The highest BCUT2D eigenvalue weighted by Crippen LogP contribution is 2.30. The Balaban J connectivity index is 2.02. The van der Waals surface area contributed by atoms with E-state index < -0.39 is 10.5 Å². The van der Waals surface area contributed by atoms with E-state index in [1.165, 1.54) is 38.5 Å². The van der Waals surface area contributed by atoms with Crippen LogP contribution in [0.1, 0.15) is 11.5 Å². The summed E-state index contributed by atoms with van der Waals surface area (Å²) in [4.78, 5) is 26.8. The summed E-state index contributed by atoms with van der Waals surface area (Å²) < 4.78 is 15.6. The SMILES string of the molecule is COc1cc2nc(C=Cc3cccc([N+](=O)[O-])c3)oc(=O)c2cc1OC. The first kappa shape index (κ1) is 17.2. The third-order valence-corrected chi connectivity index (χ3v) is 3.65. The van der Waals surface area contributed by atoms with Crippen LogP contribution in [-0.2, 0) is 0 Å². The molecule has 0 N–H and O–H groups in total. The molecule has 8 nitrogen and oxygen atoms in total. The van der Waals surface area contributed by atoms with Crippen molar-refractivity contribution >= 4 is 28.7 Å². The average molecular weight is 354 g/mol. The molecule has 0 amide bonds. The number of aromatic nitrogens is 1. The lowest BCUT2D eigenvalue weighted by Crippen LogP contribution is -2.04. The van der Waals surface area contributed by atoms with Crippen molar-refractivity contribution in [3.63, 3.8) is 0 Å². The summed E-state index contributed by atoms with van der Waals surface area (Å²) in [5, 5.41) is 11.1. The van der Waals surface area contributed by atoms with Gasteiger partial charge in [0.05, 0.1) is 30.0 Å². The Labute approximate surface area is 147 Å². The normalized spacial score (nSPS) is 11.0. The number of hydrogen-bond donors (Lipinski definition) is 0. The first-order chi connectivity index (χ1) is 12.5. The third-order valence-electron chi connectivity index (χ3n) is 3.65. The second-order valence-electron chi connectivity index (χ2n) is 5.25. The fourth-order valence-corrected chi connectivity index (χ4v) is 2.40. The molecule has 3 rings (SSSR count). The van der Waals surface area contributed by atoms with Crippen LogP contribution >= 0.6 is 0 Å². The molecule has 0 atom stereocenters. The van der Waals surface area contributed by atoms with E-state index >= 15 is 0 Å². The smallest absolute Gasteiger partial charge is 0.347 e. The fourth-order valence-electron chi connectivity index (χ4n) is 2.40. The van der Waals surface area contributed by atoms with E-state index in [1.807, 2.05) is 0 Å². The summed E-state index contributed by atoms with van der Waals surface area (Å²) in [6.45, 7) is 0. The van der Waals surface area contributed by atoms with Gasteiger partial charge in [0.1, 0.15) is 0 Å². The summed E-state index contributed by atoms with van der Waals surface area (Å²) >= 11 is 0. The van der Waals surface area contributed by atoms with Crippen LogP contribution < -0.4 is 15.1 Å². The molecule has 8 heteroatoms. The van der Waals surface area contributed by atoms with E-state index in [0.717, 1.165) is 0 Å². The first-order valence-corrected chi connectivity index (χ1v) is 7.51. The minimum Gasteiger partial charge on any atom is -0.493 e. The van der Waals surface area contributed by atoms with Crippen molar-refractivity contribution in [2.75, 3.05) is 14.2 Å². The monoisotopic (exact) mass is 354 g/mol. The van der Waals surface area contributed by atoms with Crippen LogP contribution in [0.25, 0.3) is 23.1 Å². The Morgan fingerprint density at radius 3 is 2.54 bits per heavy atom. The summed E-state index contributed by atoms with van der Waals surface area (Å²) in [6.07, 6.45) is 3.04. The van der Waals surface area contributed by atoms with Crippen LogP contribution in [0.3, 0.4) is 0 Å². The molecule has 0 saturated carbocycles. The Hall–Kier alpha value is -3.68. The number of nitro benzene ring substituents is 1. The summed E-state index contributed by atoms with van der Waals surface area (Å²) in [7, 11) is 2.95. The van der Waals surface area contributed by atoms with E-state index in [9.17, 15) is 14.9 Å². The highest BCUT2D eigenvalue weighted by molar-refractivity contribution is 5.82. The molecule has 0 aliphatic heterocycles. The molecule has 0 spiro atoms. The standard InChI is InChI=1S/C18H14N2O6/c1-24-15-9-13-14(10-16(15)25-2)19-17(26-18(13)21)7-6-11-4-3-5-12(8-11)20(22)23/h3-10H,1-2H3. The van der Waals surface area contributed by atoms with Gasteiger partial charge in [-0.05, 0) is 11.6 Å². The molecule has 0 fully saturated rings. The van der Waals surface area contributed by atoms with Gasteiger partial charge in [0.25, 0.3) is 5.69 Å². The van der Waals surface area contributed by atoms with Gasteiger partial charge in [0.15, 0.2) is 11.5 Å². The van der Waals surface area contributed by atoms with E-state index in [1.54, 1.807) is 24.3 Å². The molecule has 1 aromatic heterocycles. The summed E-state index contributed by atoms with van der Waals surface area (Å²) in [6, 6.07) is 9.14. The maximum atomic E-state index is 12.2. The minimum absolute atomic E-state index is 0.0306. The molecular formula is C18H14N2O6. The number of methoxy groups -OCH3 is 2. The van der Waals surface area contributed by atoms with Gasteiger partial charge in [-0.1, -0.05) is 12.1 Å². The fraction of sp³-hybridized carbons (Fsp3) is 0.111. The molecule has 0 aliphatic carbocycles. The van der Waals surface area contributed by atoms with Crippen LogP contribution in [0, 0.1) is 10.1 Å². The maximum Gasteiger partial charge on any atom is 0.347 e. The van der Waals surface area contributed by atoms with Crippen LogP contribution in [-0.4, -0.2) is 24.1 Å². The number of fused-ring (bicyclic) bond motifs is 1. The van der Waals surface area contributed by atoms with Gasteiger partial charge in [0, 0.05) is 30.3 Å². The topological polar surface area (TPSA) is 105 Å². The zero-order valence-electron chi connectivity index (χ0n) is 14.0. The van der Waals surface area contributed by atoms with Crippen molar-refractivity contribution < 1.29 is 18.8 Å². The number of rotatable bonds is 5. The number of nitrogens with zero attached hydrogens (tertiary/aromatic N) is 2. The molecule has 0 unspecified atom stereocenters. The van der Waals surface area contributed by atoms with Gasteiger partial charge in [-0.3, -0.25) is 10.1 Å². The number of hydrogen-bond acceptors (Lipinski definition) is 7. The summed E-state index contributed by atoms with van der Waals surface area (Å²) in [5.74, 6) is 0.905. The van der Waals surface area contributed by atoms with Crippen molar-refractivity contribution in [2.45, 2.75) is 0 Å². The number of ether oxygens (including phenoxy) is 2. The Bertz CT molecular complexity index is 1070. The maximum absolute atomic E-state index is 12.2. The molecule has 0 aliphatic rings. The largest absolute Gasteiger partial charge is 0.493 e. The van der Waals surface area contributed by atoms with Crippen molar-refractivity contribution in [1.29, 1.82) is 0 Å². The van der Waals surface area contributed by atoms with Crippen LogP contribution in [0.15, 0.2) is 45.6 Å². The second-order valence-corrected chi connectivity index (χ2v) is 5.25. The molecule has 2 aromatic carbocycles. The third kappa shape index (κ3) is 3.39. The van der Waals surface area contributed by atoms with E-state index in [0.29, 0.717) is 22.6 Å². The quantitative estimate of drug-likeness (QED) is 0.511. The lowest BCUT2D eigenvalue weighted by molar-refractivity contribution is -0.384. The highest BCUT2D eigenvalue weighted by Gasteiger charge is 2.11. The zero-order valence-corrected chi connectivity index (χ0v) is 14.0. The number of nitro groups is 1. The molecular weight excluding hydrogens is 340 g/mol. The van der Waals surface area contributed by atoms with Crippen molar-refractivity contribution in [2.24, 2.45) is 0 Å². The van der Waals surface area contributed by atoms with E-state index in [4.69, 9.17) is 13.9 Å². The van der Waals surface area contributed by atoms with Crippen molar-refractivity contribution in [3.8, 4) is 11.5 Å². The molecule has 0 radical (unpaired) electrons. The lowest BCUT2D eigenvalue weighted by atomic mass is 10.2. The Kier molecular flexibility index (Phi) is 4.66. The Morgan fingerprint density at radius 2 is 1.85 bits per heavy atom. The molecule has 1 heterocycles. The predicted octanol–water partition coefficient (Wildman–Crippen LogP) is 3.28. The second kappa shape index (κ2) is 7.06. The average Bonchev–Trinajstić information content (AvgIpc) is 2.65. The van der Waals surface area contributed by atoms with E-state index in [-0.39, 0.29) is 17.0 Å². The highest BCUT2D eigenvalue weighted by atomic mass is 16.6. The van der Waals surface area contributed by atoms with E-state index in [2.05, 4.69) is 4.98 Å². The molecule has 0 saturated heterocycles. The summed E-state index contributed by atoms with van der Waals surface area (Å²) in [5.41, 5.74) is 0.361. The minimum atomic E-state index is -0.574. The van der Waals surface area contributed by atoms with Gasteiger partial charge in [-0.2, -0.15) is 0 Å². The molecule has 0 bridgehead atoms. The van der Waals surface area contributed by atoms with Gasteiger partial charge >= 0.3 is 5.63 Å². The van der Waals surface area contributed by atoms with Crippen molar-refractivity contribution in [3.05, 3.63) is 68.4 Å². The molecule has 132 valence electrons. The van der Waals surface area contributed by atoms with Gasteiger partial charge < -0.3 is 13.9 Å². The van der Waals surface area contributed by atoms with Gasteiger partial charge in [-0.15, -0.1) is 0 Å². The van der Waals surface area contributed by atoms with Crippen molar-refractivity contribution in [1.82, 2.24) is 4.98 Å². The number of non-ortho nitro benzene ring substituents is 1. The van der Waals surface area contributed by atoms with Gasteiger partial charge in [-0.25, -0.2) is 9.78 Å². The predicted molar refractivity (Wildman–Crippen MR) is 95.4 cm³/mol. The zero-order chi connectivity index (χ0) is 18.7. The molecule has 26 heavy (non-hydrogen) atoms. The van der Waals surface area contributed by atoms with Gasteiger partial charge in [0.2, 0.25) is 5.89 Å².